The normalized spacial score (nSPS) is 15.1. The summed E-state index contributed by atoms with van der Waals surface area (Å²) in [7, 11) is -7.63. The quantitative estimate of drug-likeness (QED) is 0.0551. The summed E-state index contributed by atoms with van der Waals surface area (Å²) in [6.45, 7) is 0.546. The van der Waals surface area contributed by atoms with E-state index in [0.717, 1.165) is 12.1 Å². The summed E-state index contributed by atoms with van der Waals surface area (Å²) in [4.78, 5) is 2.24. The van der Waals surface area contributed by atoms with Gasteiger partial charge in [-0.05, 0) is 104 Å². The zero-order valence-electron chi connectivity index (χ0n) is 36.5. The average Bonchev–Trinajstić information content (AvgIpc) is 3.99. The third-order valence-electron chi connectivity index (χ3n) is 12.2. The molecule has 2 aliphatic heterocycles. The fourth-order valence-electron chi connectivity index (χ4n) is 9.07. The first-order chi connectivity index (χ1) is 32.8. The van der Waals surface area contributed by atoms with Gasteiger partial charge >= 0.3 is 32.6 Å². The van der Waals surface area contributed by atoms with Crippen LogP contribution < -0.4 is 9.47 Å². The minimum atomic E-state index is -4.71. The second-order valence-electron chi connectivity index (χ2n) is 16.9. The van der Waals surface area contributed by atoms with Crippen molar-refractivity contribution in [2.45, 2.75) is 84.0 Å². The topological polar surface area (TPSA) is 140 Å². The van der Waals surface area contributed by atoms with Crippen LogP contribution in [0.5, 0.6) is 11.5 Å². The summed E-state index contributed by atoms with van der Waals surface area (Å²) < 4.78 is 173. The van der Waals surface area contributed by atoms with E-state index in [9.17, 15) is 25.9 Å². The molecular formula is C45H41Cl4F6N3O8S4. The Morgan fingerprint density at radius 2 is 1.03 bits per heavy atom. The molecule has 11 nitrogen and oxygen atoms in total. The highest BCUT2D eigenvalue weighted by Crippen LogP contribution is 2.52. The highest BCUT2D eigenvalue weighted by atomic mass is 35.5. The number of benzene rings is 2. The maximum Gasteiger partial charge on any atom is 0.395 e. The monoisotopic (exact) mass is 1130 g/mol. The van der Waals surface area contributed by atoms with Gasteiger partial charge in [-0.3, -0.25) is 9.11 Å². The molecule has 2 unspecified atom stereocenters. The third-order valence-corrected chi connectivity index (χ3v) is 18.2. The van der Waals surface area contributed by atoms with Crippen molar-refractivity contribution in [1.82, 2.24) is 14.0 Å². The Labute approximate surface area is 426 Å². The van der Waals surface area contributed by atoms with Crippen molar-refractivity contribution in [3.63, 3.8) is 0 Å². The molecule has 4 aromatic heterocycles. The molecule has 8 rings (SSSR count). The van der Waals surface area contributed by atoms with Crippen LogP contribution in [0.15, 0.2) is 69.3 Å². The molecule has 0 saturated heterocycles. The molecule has 0 saturated carbocycles. The second-order valence-corrected chi connectivity index (χ2v) is 24.0. The number of fused-ring (bicyclic) bond motifs is 6. The lowest BCUT2D eigenvalue weighted by Gasteiger charge is -2.23. The highest BCUT2D eigenvalue weighted by Gasteiger charge is 2.45. The molecule has 0 fully saturated rings. The van der Waals surface area contributed by atoms with E-state index >= 15 is 26.3 Å². The number of thiophene rings is 2. The number of halogens is 10. The first-order valence-corrected chi connectivity index (χ1v) is 27.5. The van der Waals surface area contributed by atoms with E-state index in [1.54, 1.807) is 7.05 Å². The molecule has 378 valence electrons. The molecule has 25 heteroatoms. The first-order valence-electron chi connectivity index (χ1n) is 21.5. The minimum absolute atomic E-state index is 0.0445. The van der Waals surface area contributed by atoms with Crippen LogP contribution in [0.2, 0.25) is 20.1 Å². The SMILES string of the molecule is CN(CCCCC(c1cn(-c2ccc(Cl)cc2Cl)c2c1CCOc1cc(S(=O)(=O)O)sc1-2)C(F)(F)F)CCCCC(c1cn(-c2ccc(Cl)cc2Cl)c2c1CCOc1cc(S(=O)(=O)O)sc1-2)C(F)(F)F. The molecule has 70 heavy (non-hydrogen) atoms. The number of hydrogen-bond acceptors (Lipinski definition) is 9. The van der Waals surface area contributed by atoms with E-state index in [-0.39, 0.29) is 138 Å². The molecule has 2 aromatic carbocycles. The maximum absolute atomic E-state index is 15.2. The summed E-state index contributed by atoms with van der Waals surface area (Å²) in [6, 6.07) is 11.2. The van der Waals surface area contributed by atoms with E-state index in [2.05, 4.69) is 0 Å². The molecule has 6 aromatic rings. The molecule has 0 aliphatic carbocycles. The molecule has 2 N–H and O–H groups in total. The number of nitrogens with zero attached hydrogens (tertiary/aromatic N) is 3. The third kappa shape index (κ3) is 11.2. The summed E-state index contributed by atoms with van der Waals surface area (Å²) in [5.41, 5.74) is 1.52. The largest absolute Gasteiger partial charge is 0.492 e. The van der Waals surface area contributed by atoms with Gasteiger partial charge in [0.25, 0.3) is 0 Å². The molecule has 0 radical (unpaired) electrons. The number of unbranched alkanes of at least 4 members (excludes halogenated alkanes) is 2. The Kier molecular flexibility index (Phi) is 15.4. The summed E-state index contributed by atoms with van der Waals surface area (Å²) in [5.74, 6) is -3.76. The Morgan fingerprint density at radius 1 is 0.643 bits per heavy atom. The number of alkyl halides is 6. The van der Waals surface area contributed by atoms with Crippen molar-refractivity contribution >= 4 is 89.3 Å². The van der Waals surface area contributed by atoms with Crippen LogP contribution in [0.3, 0.4) is 0 Å². The molecule has 2 atom stereocenters. The summed E-state index contributed by atoms with van der Waals surface area (Å²) >= 11 is 26.8. The van der Waals surface area contributed by atoms with Crippen LogP contribution in [0.25, 0.3) is 32.5 Å². The van der Waals surface area contributed by atoms with E-state index in [1.807, 2.05) is 4.90 Å². The summed E-state index contributed by atoms with van der Waals surface area (Å²) in [5, 5.41) is 0.801. The minimum Gasteiger partial charge on any atom is -0.492 e. The molecule has 6 heterocycles. The zero-order chi connectivity index (χ0) is 50.7. The Bertz CT molecular complexity index is 2960. The first kappa shape index (κ1) is 52.8. The van der Waals surface area contributed by atoms with Gasteiger partial charge in [-0.25, -0.2) is 0 Å². The van der Waals surface area contributed by atoms with Crippen molar-refractivity contribution in [3.05, 3.63) is 103 Å². The molecule has 0 spiro atoms. The Balaban J connectivity index is 0.974. The predicted molar refractivity (Wildman–Crippen MR) is 259 cm³/mol. The van der Waals surface area contributed by atoms with Gasteiger partial charge in [0.2, 0.25) is 0 Å². The van der Waals surface area contributed by atoms with Crippen LogP contribution in [0.4, 0.5) is 26.3 Å². The highest BCUT2D eigenvalue weighted by molar-refractivity contribution is 7.88. The van der Waals surface area contributed by atoms with E-state index in [0.29, 0.717) is 48.6 Å². The van der Waals surface area contributed by atoms with Crippen LogP contribution in [0.1, 0.15) is 72.6 Å². The van der Waals surface area contributed by atoms with Crippen LogP contribution in [-0.4, -0.2) is 85.7 Å². The maximum atomic E-state index is 15.2. The van der Waals surface area contributed by atoms with Gasteiger partial charge in [0.05, 0.1) is 67.6 Å². The van der Waals surface area contributed by atoms with E-state index in [4.69, 9.17) is 55.9 Å². The predicted octanol–water partition coefficient (Wildman–Crippen LogP) is 14.0. The van der Waals surface area contributed by atoms with Gasteiger partial charge in [-0.2, -0.15) is 43.2 Å². The lowest BCUT2D eigenvalue weighted by molar-refractivity contribution is -0.153. The van der Waals surface area contributed by atoms with Gasteiger partial charge in [-0.1, -0.05) is 59.2 Å². The summed E-state index contributed by atoms with van der Waals surface area (Å²) in [6.07, 6.45) is -6.35. The van der Waals surface area contributed by atoms with Crippen molar-refractivity contribution in [2.75, 3.05) is 33.4 Å². The van der Waals surface area contributed by atoms with E-state index < -0.39 is 52.8 Å². The lowest BCUT2D eigenvalue weighted by atomic mass is 9.90. The number of aromatic nitrogens is 2. The van der Waals surface area contributed by atoms with Gasteiger partial charge in [0.15, 0.2) is 8.42 Å². The number of ether oxygens (including phenoxy) is 2. The van der Waals surface area contributed by atoms with Gasteiger partial charge in [0, 0.05) is 47.4 Å². The molecule has 0 bridgehead atoms. The lowest BCUT2D eigenvalue weighted by Crippen LogP contribution is -2.24. The second kappa shape index (κ2) is 20.4. The van der Waals surface area contributed by atoms with Gasteiger partial charge < -0.3 is 23.5 Å². The fourth-order valence-corrected chi connectivity index (χ4v) is 13.7. The molecular weight excluding hydrogens is 1090 g/mol. The smallest absolute Gasteiger partial charge is 0.395 e. The number of hydrogen-bond donors (Lipinski definition) is 2. The van der Waals surface area contributed by atoms with Crippen molar-refractivity contribution in [2.24, 2.45) is 0 Å². The molecule has 0 amide bonds. The standard InChI is InChI=1S/C45H41Cl4F6N3O8S4/c1-56(14-4-2-6-30(44(50,51)52)28-22-57(34-10-8-24(46)18-32(34)48)40-26(28)12-16-65-36-20-38(67-42(36)40)69(59,60)61)15-5-3-7-31(45(53,54)55)29-23-58(35-11-9-25(47)19-33(35)49)41-27(29)13-17-66-37-21-39(68-43(37)41)70(62,63)64/h8-11,18-23,30-31H,2-7,12-17H2,1H3,(H,59,60,61)(H,62,63,64). The fraction of sp³-hybridized carbons (Fsp3) is 0.378. The number of rotatable bonds is 16. The van der Waals surface area contributed by atoms with Gasteiger partial charge in [0.1, 0.15) is 11.5 Å². The van der Waals surface area contributed by atoms with Crippen molar-refractivity contribution in [3.8, 4) is 44.0 Å². The van der Waals surface area contributed by atoms with Crippen molar-refractivity contribution in [1.29, 1.82) is 0 Å². The average molecular weight is 1140 g/mol. The van der Waals surface area contributed by atoms with E-state index in [1.165, 1.54) is 57.9 Å². The van der Waals surface area contributed by atoms with Gasteiger partial charge in [-0.15, -0.1) is 22.7 Å². The zero-order valence-corrected chi connectivity index (χ0v) is 42.8. The van der Waals surface area contributed by atoms with Crippen LogP contribution in [0, 0.1) is 0 Å². The Hall–Kier alpha value is -3.48. The Morgan fingerprint density at radius 3 is 1.37 bits per heavy atom. The molecule has 2 aliphatic rings. The van der Waals surface area contributed by atoms with Crippen LogP contribution in [-0.2, 0) is 33.1 Å². The van der Waals surface area contributed by atoms with Crippen molar-refractivity contribution < 1.29 is 61.8 Å². The van der Waals surface area contributed by atoms with Crippen LogP contribution >= 0.6 is 69.1 Å².